The number of anilines is 1. The van der Waals surface area contributed by atoms with Gasteiger partial charge in [-0.1, -0.05) is 24.8 Å². The molecule has 0 saturated carbocycles. The predicted molar refractivity (Wildman–Crippen MR) is 81.9 cm³/mol. The highest BCUT2D eigenvalue weighted by Gasteiger charge is 2.12. The molecule has 1 rings (SSSR count). The minimum atomic E-state index is 0.0706. The number of nitrogens with zero attached hydrogens (tertiary/aromatic N) is 1. The fraction of sp³-hybridized carbons (Fsp3) is 0.375. The van der Waals surface area contributed by atoms with Gasteiger partial charge >= 0.3 is 0 Å². The molecule has 0 aliphatic heterocycles. The van der Waals surface area contributed by atoms with E-state index >= 15 is 0 Å². The minimum absolute atomic E-state index is 0.0706. The van der Waals surface area contributed by atoms with Crippen LogP contribution in [0.3, 0.4) is 0 Å². The molecular formula is C16H24N2O. The minimum Gasteiger partial charge on any atom is -0.392 e. The predicted octanol–water partition coefficient (Wildman–Crippen LogP) is 3.03. The summed E-state index contributed by atoms with van der Waals surface area (Å²) in [4.78, 5) is 2.28. The van der Waals surface area contributed by atoms with E-state index in [9.17, 15) is 5.11 Å². The summed E-state index contributed by atoms with van der Waals surface area (Å²) < 4.78 is 0. The molecule has 0 bridgehead atoms. The van der Waals surface area contributed by atoms with Crippen molar-refractivity contribution in [3.05, 3.63) is 54.4 Å². The van der Waals surface area contributed by atoms with Crippen LogP contribution in [-0.4, -0.2) is 17.7 Å². The van der Waals surface area contributed by atoms with Gasteiger partial charge in [0.15, 0.2) is 0 Å². The van der Waals surface area contributed by atoms with E-state index in [0.717, 1.165) is 23.5 Å². The second-order valence-electron chi connectivity index (χ2n) is 4.71. The molecule has 104 valence electrons. The highest BCUT2D eigenvalue weighted by atomic mass is 16.3. The van der Waals surface area contributed by atoms with Crippen LogP contribution >= 0.6 is 0 Å². The monoisotopic (exact) mass is 260 g/mol. The average molecular weight is 260 g/mol. The number of hydrogen-bond acceptors (Lipinski definition) is 3. The van der Waals surface area contributed by atoms with E-state index in [1.165, 1.54) is 0 Å². The van der Waals surface area contributed by atoms with Crippen molar-refractivity contribution in [1.29, 1.82) is 0 Å². The quantitative estimate of drug-likeness (QED) is 0.791. The molecule has 3 nitrogen and oxygen atoms in total. The summed E-state index contributed by atoms with van der Waals surface area (Å²) in [6.45, 7) is 10.9. The summed E-state index contributed by atoms with van der Waals surface area (Å²) in [5, 5.41) is 12.4. The fourth-order valence-corrected chi connectivity index (χ4v) is 1.94. The lowest BCUT2D eigenvalue weighted by atomic mass is 10.1. The van der Waals surface area contributed by atoms with Gasteiger partial charge in [-0.15, -0.1) is 0 Å². The van der Waals surface area contributed by atoms with Gasteiger partial charge in [0.2, 0.25) is 0 Å². The maximum atomic E-state index is 9.24. The van der Waals surface area contributed by atoms with Gasteiger partial charge in [-0.3, -0.25) is 0 Å². The molecule has 0 spiro atoms. The van der Waals surface area contributed by atoms with Crippen molar-refractivity contribution in [2.45, 2.75) is 33.4 Å². The van der Waals surface area contributed by atoms with E-state index in [2.05, 4.69) is 36.7 Å². The van der Waals surface area contributed by atoms with Crippen LogP contribution in [0.1, 0.15) is 26.3 Å². The topological polar surface area (TPSA) is 35.5 Å². The van der Waals surface area contributed by atoms with Crippen molar-refractivity contribution in [3.8, 4) is 0 Å². The van der Waals surface area contributed by atoms with Gasteiger partial charge in [0, 0.05) is 17.4 Å². The molecule has 0 aliphatic carbocycles. The van der Waals surface area contributed by atoms with E-state index in [4.69, 9.17) is 0 Å². The summed E-state index contributed by atoms with van der Waals surface area (Å²) in [5.41, 5.74) is 3.16. The zero-order chi connectivity index (χ0) is 14.3. The fourth-order valence-electron chi connectivity index (χ4n) is 1.94. The number of allylic oxidation sites excluding steroid dienone is 1. The Morgan fingerprint density at radius 3 is 2.74 bits per heavy atom. The van der Waals surface area contributed by atoms with Crippen LogP contribution in [0.5, 0.6) is 0 Å². The van der Waals surface area contributed by atoms with Crippen LogP contribution in [0, 0.1) is 0 Å². The summed E-state index contributed by atoms with van der Waals surface area (Å²) >= 11 is 0. The highest BCUT2D eigenvalue weighted by Crippen LogP contribution is 2.20. The Morgan fingerprint density at radius 1 is 1.47 bits per heavy atom. The van der Waals surface area contributed by atoms with Gasteiger partial charge in [0.1, 0.15) is 0 Å². The van der Waals surface area contributed by atoms with Crippen molar-refractivity contribution in [3.63, 3.8) is 0 Å². The van der Waals surface area contributed by atoms with Crippen molar-refractivity contribution in [1.82, 2.24) is 5.32 Å². The zero-order valence-electron chi connectivity index (χ0n) is 12.1. The number of benzene rings is 1. The van der Waals surface area contributed by atoms with Gasteiger partial charge in [-0.2, -0.15) is 0 Å². The Balaban J connectivity index is 2.96. The summed E-state index contributed by atoms with van der Waals surface area (Å²) in [6.07, 6.45) is 3.74. The zero-order valence-corrected chi connectivity index (χ0v) is 12.1. The molecule has 0 unspecified atom stereocenters. The lowest BCUT2D eigenvalue weighted by Crippen LogP contribution is -2.34. The number of nitrogens with one attached hydrogen (secondary N) is 1. The Morgan fingerprint density at radius 2 is 2.21 bits per heavy atom. The SMILES string of the molecule is C=CN/C(=C\C)CN(c1cccc(CO)c1)C(C)C. The van der Waals surface area contributed by atoms with Gasteiger partial charge < -0.3 is 15.3 Å². The van der Waals surface area contributed by atoms with Crippen LogP contribution in [0.25, 0.3) is 0 Å². The Bertz CT molecular complexity index is 438. The molecular weight excluding hydrogens is 236 g/mol. The third-order valence-electron chi connectivity index (χ3n) is 3.02. The lowest BCUT2D eigenvalue weighted by molar-refractivity contribution is 0.282. The largest absolute Gasteiger partial charge is 0.392 e. The number of aliphatic hydroxyl groups is 1. The number of rotatable bonds is 7. The molecule has 1 aromatic carbocycles. The third-order valence-corrected chi connectivity index (χ3v) is 3.02. The van der Waals surface area contributed by atoms with Gasteiger partial charge in [-0.05, 0) is 44.7 Å². The molecule has 0 radical (unpaired) electrons. The Hall–Kier alpha value is -1.74. The first kappa shape index (κ1) is 15.3. The molecule has 0 aromatic heterocycles. The normalized spacial score (nSPS) is 11.5. The van der Waals surface area contributed by atoms with Crippen molar-refractivity contribution < 1.29 is 5.11 Å². The van der Waals surface area contributed by atoms with Crippen molar-refractivity contribution in [2.75, 3.05) is 11.4 Å². The molecule has 1 aromatic rings. The second kappa shape index (κ2) is 7.64. The Kier molecular flexibility index (Phi) is 6.16. The summed E-state index contributed by atoms with van der Waals surface area (Å²) in [5.74, 6) is 0. The highest BCUT2D eigenvalue weighted by molar-refractivity contribution is 5.50. The van der Waals surface area contributed by atoms with Crippen molar-refractivity contribution >= 4 is 5.69 Å². The molecule has 0 fully saturated rings. The molecule has 0 saturated heterocycles. The molecule has 2 N–H and O–H groups in total. The first-order valence-electron chi connectivity index (χ1n) is 6.61. The van der Waals surface area contributed by atoms with Gasteiger partial charge in [-0.25, -0.2) is 0 Å². The van der Waals surface area contributed by atoms with Crippen molar-refractivity contribution in [2.24, 2.45) is 0 Å². The van der Waals surface area contributed by atoms with E-state index in [1.807, 2.05) is 31.2 Å². The van der Waals surface area contributed by atoms with Crippen LogP contribution in [0.15, 0.2) is 48.8 Å². The maximum absolute atomic E-state index is 9.24. The van der Waals surface area contributed by atoms with E-state index in [0.29, 0.717) is 6.04 Å². The first-order chi connectivity index (χ1) is 9.12. The van der Waals surface area contributed by atoms with Gasteiger partial charge in [0.05, 0.1) is 13.2 Å². The van der Waals surface area contributed by atoms with E-state index in [-0.39, 0.29) is 6.61 Å². The molecule has 3 heteroatoms. The molecule has 0 atom stereocenters. The molecule has 0 heterocycles. The summed E-state index contributed by atoms with van der Waals surface area (Å²) in [7, 11) is 0. The molecule has 19 heavy (non-hydrogen) atoms. The van der Waals surface area contributed by atoms with Crippen LogP contribution in [0.4, 0.5) is 5.69 Å². The van der Waals surface area contributed by atoms with Crippen LogP contribution in [0.2, 0.25) is 0 Å². The molecule has 0 amide bonds. The number of aliphatic hydroxyl groups excluding tert-OH is 1. The third kappa shape index (κ3) is 4.45. The maximum Gasteiger partial charge on any atom is 0.0682 e. The number of hydrogen-bond donors (Lipinski definition) is 2. The smallest absolute Gasteiger partial charge is 0.0682 e. The van der Waals surface area contributed by atoms with E-state index < -0.39 is 0 Å². The van der Waals surface area contributed by atoms with Crippen LogP contribution < -0.4 is 10.2 Å². The van der Waals surface area contributed by atoms with E-state index in [1.54, 1.807) is 6.20 Å². The summed E-state index contributed by atoms with van der Waals surface area (Å²) in [6, 6.07) is 8.38. The second-order valence-corrected chi connectivity index (χ2v) is 4.71. The standard InChI is InChI=1S/C16H24N2O/c1-5-15(17-6-2)11-18(13(3)4)16-9-7-8-14(10-16)12-19/h5-10,13,17,19H,2,11-12H2,1,3-4H3/b15-5-. The lowest BCUT2D eigenvalue weighted by Gasteiger charge is -2.30. The van der Waals surface area contributed by atoms with Gasteiger partial charge in [0.25, 0.3) is 0 Å². The average Bonchev–Trinajstić information content (AvgIpc) is 2.43. The molecule has 0 aliphatic rings. The van der Waals surface area contributed by atoms with Crippen LogP contribution in [-0.2, 0) is 6.61 Å². The Labute approximate surface area is 116 Å². The first-order valence-corrected chi connectivity index (χ1v) is 6.61.